The highest BCUT2D eigenvalue weighted by Crippen LogP contribution is 2.31. The van der Waals surface area contributed by atoms with E-state index in [1.54, 1.807) is 6.92 Å². The highest BCUT2D eigenvalue weighted by Gasteiger charge is 2.44. The van der Waals surface area contributed by atoms with E-state index in [9.17, 15) is 96.5 Å². The van der Waals surface area contributed by atoms with Gasteiger partial charge in [-0.25, -0.2) is 90.4 Å². The number of hydrogen-bond acceptors (Lipinski definition) is 38. The van der Waals surface area contributed by atoms with Gasteiger partial charge in [0.05, 0.1) is 85.3 Å². The van der Waals surface area contributed by atoms with Gasteiger partial charge in [-0.3, -0.25) is 9.59 Å². The molecule has 0 aliphatic rings. The van der Waals surface area contributed by atoms with E-state index in [0.29, 0.717) is 57.8 Å². The lowest BCUT2D eigenvalue weighted by Crippen LogP contribution is -2.54. The van der Waals surface area contributed by atoms with Gasteiger partial charge in [0.25, 0.3) is 0 Å². The number of alkyl carbamates (subject to hydrolysis) is 1. The number of carbonyl (C=O) groups excluding carboxylic acids is 15. The average molecular weight is 1910 g/mol. The lowest BCUT2D eigenvalue weighted by molar-refractivity contribution is -0.171. The summed E-state index contributed by atoms with van der Waals surface area (Å²) in [5.41, 5.74) is -11.9. The van der Waals surface area contributed by atoms with E-state index >= 15 is 0 Å². The monoisotopic (exact) mass is 1910 g/mol. The summed E-state index contributed by atoms with van der Waals surface area (Å²) in [6.45, 7) is 29.3. The van der Waals surface area contributed by atoms with E-state index < -0.39 is 271 Å². The summed E-state index contributed by atoms with van der Waals surface area (Å²) in [5, 5.41) is 23.6. The minimum atomic E-state index is -1.69. The fourth-order valence-corrected chi connectivity index (χ4v) is 11.8. The number of esters is 14. The van der Waals surface area contributed by atoms with Crippen LogP contribution in [0.3, 0.4) is 0 Å². The molecule has 42 heteroatoms. The number of unbranched alkanes of at least 4 members (excludes halogenated alkanes) is 11. The number of nitrogens with one attached hydrogen (secondary N) is 1. The molecule has 1 aromatic heterocycles. The highest BCUT2D eigenvalue weighted by molar-refractivity contribution is 5.85. The molecule has 0 fully saturated rings. The van der Waals surface area contributed by atoms with Crippen LogP contribution in [0.25, 0.3) is 0 Å². The smallest absolute Gasteiger partial charge is 0.407 e. The van der Waals surface area contributed by atoms with Crippen molar-refractivity contribution in [2.75, 3.05) is 159 Å². The first-order chi connectivity index (χ1) is 64.5. The van der Waals surface area contributed by atoms with Crippen molar-refractivity contribution in [2.24, 2.45) is 32.5 Å². The number of amides is 1. The second-order valence-electron chi connectivity index (χ2n) is 31.5. The Morgan fingerprint density at radius 2 is 0.437 bits per heavy atom. The first kappa shape index (κ1) is 120. The summed E-state index contributed by atoms with van der Waals surface area (Å²) in [6.07, 6.45) is 14.2. The SMILES string of the molecule is C=CC(=O)OCC(CC)(COCC(COC(=O)C=C)(COC(=O)C=C)COC(=O)CCCCCCCn1c(=O)n(CCCCCCCC(=O)OCC(COCC(CO)(COC(=O)C=C)COC(=O)C=C)(COC(=O)C=C)COC(=O)C=C)c(=O)n(CCCCCCNC(=O)OCC(COCC(CO)(COC(=O)C=C)COC(=O)C=C)(COC(=O)C=C)COC(=O)C=C)c1=O)COC(=O)C=C. The summed E-state index contributed by atoms with van der Waals surface area (Å²) in [4.78, 5) is 231. The zero-order chi connectivity index (χ0) is 101. The van der Waals surface area contributed by atoms with Gasteiger partial charge in [0, 0.05) is 112 Å². The Morgan fingerprint density at radius 3 is 0.667 bits per heavy atom. The second-order valence-corrected chi connectivity index (χ2v) is 31.5. The number of aromatic nitrogens is 3. The summed E-state index contributed by atoms with van der Waals surface area (Å²) < 4.78 is 101. The van der Waals surface area contributed by atoms with E-state index in [0.717, 1.165) is 86.6 Å². The number of aliphatic hydroxyl groups is 2. The molecule has 750 valence electrons. The lowest BCUT2D eigenvalue weighted by Gasteiger charge is -2.35. The third-order valence-electron chi connectivity index (χ3n) is 20.2. The molecule has 0 atom stereocenters. The summed E-state index contributed by atoms with van der Waals surface area (Å²) >= 11 is 0. The van der Waals surface area contributed by atoms with Crippen LogP contribution in [0.4, 0.5) is 4.79 Å². The fraction of sp³-hybridized carbons (Fsp3) is 0.548. The number of nitrogens with zero attached hydrogens (tertiary/aromatic N) is 3. The quantitative estimate of drug-likeness (QED) is 0.0320. The molecular weight excluding hydrogens is 1780 g/mol. The van der Waals surface area contributed by atoms with Gasteiger partial charge in [-0.2, -0.15) is 0 Å². The third kappa shape index (κ3) is 48.4. The van der Waals surface area contributed by atoms with Crippen LogP contribution in [0, 0.1) is 32.5 Å². The Hall–Kier alpha value is -13.1. The fourth-order valence-electron chi connectivity index (χ4n) is 11.8. The van der Waals surface area contributed by atoms with E-state index in [2.05, 4.69) is 84.3 Å². The van der Waals surface area contributed by atoms with Gasteiger partial charge in [-0.1, -0.05) is 137 Å². The Labute approximate surface area is 782 Å². The first-order valence-corrected chi connectivity index (χ1v) is 43.1. The zero-order valence-corrected chi connectivity index (χ0v) is 77.0. The molecule has 0 bridgehead atoms. The average Bonchev–Trinajstić information content (AvgIpc) is 0.783. The number of rotatable bonds is 80. The maximum absolute atomic E-state index is 14.3. The first-order valence-electron chi connectivity index (χ1n) is 43.1. The molecule has 42 nitrogen and oxygen atoms in total. The molecule has 0 aromatic carbocycles. The van der Waals surface area contributed by atoms with Crippen molar-refractivity contribution in [2.45, 2.75) is 136 Å². The number of hydrogen-bond donors (Lipinski definition) is 3. The van der Waals surface area contributed by atoms with Crippen molar-refractivity contribution >= 4 is 89.7 Å². The normalized spacial score (nSPS) is 11.3. The van der Waals surface area contributed by atoms with Crippen molar-refractivity contribution in [1.29, 1.82) is 0 Å². The topological polar surface area (TPSA) is 541 Å². The van der Waals surface area contributed by atoms with Crippen molar-refractivity contribution in [3.05, 3.63) is 183 Å². The van der Waals surface area contributed by atoms with E-state index in [-0.39, 0.29) is 97.4 Å². The Morgan fingerprint density at radius 1 is 0.252 bits per heavy atom. The van der Waals surface area contributed by atoms with Gasteiger partial charge in [0.1, 0.15) is 99.1 Å². The predicted octanol–water partition coefficient (Wildman–Crippen LogP) is 5.34. The van der Waals surface area contributed by atoms with Crippen LogP contribution in [0.2, 0.25) is 0 Å². The molecule has 1 rings (SSSR count). The molecule has 3 N–H and O–H groups in total. The molecule has 0 radical (unpaired) electrons. The second kappa shape index (κ2) is 67.2. The van der Waals surface area contributed by atoms with Gasteiger partial charge in [0.2, 0.25) is 0 Å². The Bertz CT molecular complexity index is 3770. The molecule has 135 heavy (non-hydrogen) atoms. The van der Waals surface area contributed by atoms with Crippen molar-refractivity contribution in [3.63, 3.8) is 0 Å². The molecule has 0 aliphatic heterocycles. The van der Waals surface area contributed by atoms with Crippen LogP contribution >= 0.6 is 0 Å². The van der Waals surface area contributed by atoms with Crippen molar-refractivity contribution in [3.8, 4) is 0 Å². The lowest BCUT2D eigenvalue weighted by atomic mass is 9.87. The molecule has 0 spiro atoms. The van der Waals surface area contributed by atoms with Crippen LogP contribution < -0.4 is 22.4 Å². The van der Waals surface area contributed by atoms with Gasteiger partial charge < -0.3 is 101 Å². The third-order valence-corrected chi connectivity index (χ3v) is 20.2. The van der Waals surface area contributed by atoms with Crippen LogP contribution in [0.1, 0.15) is 116 Å². The van der Waals surface area contributed by atoms with Crippen LogP contribution in [0.5, 0.6) is 0 Å². The maximum atomic E-state index is 14.3. The minimum absolute atomic E-state index is 0.00273. The predicted molar refractivity (Wildman–Crippen MR) is 480 cm³/mol. The maximum Gasteiger partial charge on any atom is 0.407 e. The molecule has 0 saturated heterocycles. The number of ether oxygens (including phenoxy) is 18. The van der Waals surface area contributed by atoms with E-state index in [4.69, 9.17) is 85.3 Å². The van der Waals surface area contributed by atoms with Gasteiger partial charge in [-0.05, 0) is 44.9 Å². The van der Waals surface area contributed by atoms with Crippen LogP contribution in [-0.4, -0.2) is 272 Å². The van der Waals surface area contributed by atoms with Gasteiger partial charge in [-0.15, -0.1) is 0 Å². The Balaban J connectivity index is 3.61. The molecule has 0 unspecified atom stereocenters. The van der Waals surface area contributed by atoms with Crippen LogP contribution in [0.15, 0.2) is 166 Å². The summed E-state index contributed by atoms with van der Waals surface area (Å²) in [7, 11) is 0. The van der Waals surface area contributed by atoms with E-state index in [1.165, 1.54) is 0 Å². The molecule has 1 aromatic rings. The molecule has 0 saturated carbocycles. The standard InChI is InChI=1S/C93H130N4O38/c1-14-70(100)121-55-88(26-13,56-122-71(101)15-2)49-118-52-91(61-127-76(106)20-7,62-128-77(107)21-8)67-133-82(112)41-35-29-27-32-38-44-95-85(115)96(45-39-33-28-30-36-42-83(113)134-68-92(63-129-78(108)22-9,64-130-79(109)23-10)53-119-50-89(47-98,57-123-72(102)16-3)58-124-73(103)17-4)87(117)97(86(95)116)46-40-34-31-37-43-94-84(114)135-69-93(65-131-80(110)24-11,66-132-81(111)25-12)54-120-51-90(48-99,59-125-74(104)18-5)60-126-75(105)19-6/h14-25,98-99H,1-12,26-69H2,13H3,(H,94,114). The molecular formula is C93H130N4O38. The molecule has 1 amide bonds. The number of aliphatic hydroxyl groups excluding tert-OH is 2. The highest BCUT2D eigenvalue weighted by atomic mass is 16.6. The van der Waals surface area contributed by atoms with Gasteiger partial charge >= 0.3 is 107 Å². The molecule has 1 heterocycles. The number of carbonyl (C=O) groups is 15. The van der Waals surface area contributed by atoms with Crippen LogP contribution in [-0.2, 0) is 172 Å². The Kier molecular flexibility index (Phi) is 59.7. The summed E-state index contributed by atoms with van der Waals surface area (Å²) in [6, 6.07) is 0. The largest absolute Gasteiger partial charge is 0.465 e. The zero-order valence-electron chi connectivity index (χ0n) is 77.0. The van der Waals surface area contributed by atoms with E-state index in [1.807, 2.05) is 0 Å². The molecule has 0 aliphatic carbocycles. The summed E-state index contributed by atoms with van der Waals surface area (Å²) in [5.74, 6) is -12.1. The van der Waals surface area contributed by atoms with Crippen molar-refractivity contribution < 1.29 is 167 Å². The van der Waals surface area contributed by atoms with Gasteiger partial charge in [0.15, 0.2) is 0 Å². The van der Waals surface area contributed by atoms with Crippen molar-refractivity contribution in [1.82, 2.24) is 19.0 Å². The minimum Gasteiger partial charge on any atom is -0.465 e.